The molecule has 2 fully saturated rings. The molecule has 1 aliphatic carbocycles. The molecule has 0 unspecified atom stereocenters. The first-order valence-electron chi connectivity index (χ1n) is 9.81. The summed E-state index contributed by atoms with van der Waals surface area (Å²) in [4.78, 5) is 23.4. The highest BCUT2D eigenvalue weighted by Gasteiger charge is 2.43. The lowest BCUT2D eigenvalue weighted by molar-refractivity contribution is 0.0462. The first kappa shape index (κ1) is 19.6. The van der Waals surface area contributed by atoms with Gasteiger partial charge in [-0.05, 0) is 55.4 Å². The fourth-order valence-corrected chi connectivity index (χ4v) is 4.39. The molecular formula is C21H25FN4O3. The number of aromatic nitrogens is 2. The van der Waals surface area contributed by atoms with Gasteiger partial charge in [-0.25, -0.2) is 9.37 Å². The Morgan fingerprint density at radius 1 is 1.28 bits per heavy atom. The molecule has 2 heterocycles. The summed E-state index contributed by atoms with van der Waals surface area (Å²) in [7, 11) is 1.57. The van der Waals surface area contributed by atoms with Gasteiger partial charge in [0.15, 0.2) is 0 Å². The molecule has 4 atom stereocenters. The number of anilines is 1. The molecule has 4 rings (SSSR count). The van der Waals surface area contributed by atoms with Crippen LogP contribution in [0.1, 0.15) is 28.8 Å². The number of ether oxygens (including phenoxy) is 1. The van der Waals surface area contributed by atoms with Gasteiger partial charge in [-0.1, -0.05) is 0 Å². The second-order valence-electron chi connectivity index (χ2n) is 7.91. The molecule has 1 saturated heterocycles. The molecular weight excluding hydrogens is 375 g/mol. The van der Waals surface area contributed by atoms with Gasteiger partial charge in [0.1, 0.15) is 5.82 Å². The SMILES string of the molecule is COc1ccnc(N2C[C@H]3C[C@H](O)[C@@H](NC(=O)c4ccc(F)c(C)c4)C[C@H]3C2)n1. The molecule has 29 heavy (non-hydrogen) atoms. The Morgan fingerprint density at radius 2 is 2.03 bits per heavy atom. The summed E-state index contributed by atoms with van der Waals surface area (Å²) in [5.74, 6) is 1.16. The Labute approximate surface area is 168 Å². The molecule has 2 aromatic rings. The second kappa shape index (κ2) is 7.94. The average molecular weight is 400 g/mol. The molecule has 1 aromatic carbocycles. The fraction of sp³-hybridized carbons (Fsp3) is 0.476. The third kappa shape index (κ3) is 4.03. The zero-order chi connectivity index (χ0) is 20.5. The molecule has 1 amide bonds. The average Bonchev–Trinajstić information content (AvgIpc) is 3.13. The van der Waals surface area contributed by atoms with Gasteiger partial charge in [0, 0.05) is 30.9 Å². The molecule has 2 aliphatic rings. The van der Waals surface area contributed by atoms with Gasteiger partial charge >= 0.3 is 0 Å². The van der Waals surface area contributed by atoms with E-state index < -0.39 is 6.10 Å². The van der Waals surface area contributed by atoms with Crippen molar-refractivity contribution in [3.63, 3.8) is 0 Å². The molecule has 0 bridgehead atoms. The third-order valence-corrected chi connectivity index (χ3v) is 5.99. The lowest BCUT2D eigenvalue weighted by atomic mass is 9.77. The number of rotatable bonds is 4. The van der Waals surface area contributed by atoms with Crippen LogP contribution >= 0.6 is 0 Å². The van der Waals surface area contributed by atoms with Crippen LogP contribution in [0.15, 0.2) is 30.5 Å². The lowest BCUT2D eigenvalue weighted by Gasteiger charge is -2.35. The summed E-state index contributed by atoms with van der Waals surface area (Å²) in [6.07, 6.45) is 2.34. The molecule has 1 aliphatic heterocycles. The van der Waals surface area contributed by atoms with Crippen LogP contribution in [0, 0.1) is 24.6 Å². The van der Waals surface area contributed by atoms with E-state index >= 15 is 0 Å². The van der Waals surface area contributed by atoms with Crippen molar-refractivity contribution in [1.82, 2.24) is 15.3 Å². The summed E-state index contributed by atoms with van der Waals surface area (Å²) in [6.45, 7) is 3.17. The molecule has 7 nitrogen and oxygen atoms in total. The minimum Gasteiger partial charge on any atom is -0.481 e. The predicted octanol–water partition coefficient (Wildman–Crippen LogP) is 1.94. The zero-order valence-corrected chi connectivity index (χ0v) is 16.5. The number of hydrogen-bond donors (Lipinski definition) is 2. The van der Waals surface area contributed by atoms with Gasteiger partial charge in [0.05, 0.1) is 19.3 Å². The van der Waals surface area contributed by atoms with Gasteiger partial charge in [0.2, 0.25) is 11.8 Å². The number of carbonyl (C=O) groups is 1. The van der Waals surface area contributed by atoms with Crippen molar-refractivity contribution in [3.8, 4) is 5.88 Å². The number of nitrogens with one attached hydrogen (secondary N) is 1. The van der Waals surface area contributed by atoms with Crippen molar-refractivity contribution in [2.45, 2.75) is 31.9 Å². The van der Waals surface area contributed by atoms with E-state index in [4.69, 9.17) is 4.74 Å². The first-order valence-corrected chi connectivity index (χ1v) is 9.81. The summed E-state index contributed by atoms with van der Waals surface area (Å²) in [5.41, 5.74) is 0.822. The van der Waals surface area contributed by atoms with Gasteiger partial charge < -0.3 is 20.1 Å². The topological polar surface area (TPSA) is 87.6 Å². The molecule has 0 spiro atoms. The van der Waals surface area contributed by atoms with E-state index in [1.54, 1.807) is 26.3 Å². The van der Waals surface area contributed by atoms with Crippen LogP contribution in [-0.2, 0) is 0 Å². The maximum Gasteiger partial charge on any atom is 0.251 e. The van der Waals surface area contributed by atoms with Crippen molar-refractivity contribution in [3.05, 3.63) is 47.4 Å². The van der Waals surface area contributed by atoms with E-state index in [2.05, 4.69) is 20.2 Å². The molecule has 0 radical (unpaired) electrons. The smallest absolute Gasteiger partial charge is 0.251 e. The summed E-state index contributed by atoms with van der Waals surface area (Å²) < 4.78 is 18.6. The number of nitrogens with zero attached hydrogens (tertiary/aromatic N) is 3. The van der Waals surface area contributed by atoms with Crippen molar-refractivity contribution in [2.75, 3.05) is 25.1 Å². The van der Waals surface area contributed by atoms with Crippen LogP contribution in [0.3, 0.4) is 0 Å². The number of benzene rings is 1. The van der Waals surface area contributed by atoms with Gasteiger partial charge in [-0.3, -0.25) is 4.79 Å². The number of amides is 1. The zero-order valence-electron chi connectivity index (χ0n) is 16.5. The second-order valence-corrected chi connectivity index (χ2v) is 7.91. The molecule has 8 heteroatoms. The fourth-order valence-electron chi connectivity index (χ4n) is 4.39. The van der Waals surface area contributed by atoms with Crippen LogP contribution < -0.4 is 15.0 Å². The number of methoxy groups -OCH3 is 1. The number of aliphatic hydroxyl groups is 1. The van der Waals surface area contributed by atoms with Crippen LogP contribution in [0.5, 0.6) is 5.88 Å². The Bertz CT molecular complexity index is 909. The van der Waals surface area contributed by atoms with Crippen LogP contribution in [-0.4, -0.2) is 53.3 Å². The minimum absolute atomic E-state index is 0.290. The summed E-state index contributed by atoms with van der Waals surface area (Å²) >= 11 is 0. The van der Waals surface area contributed by atoms with E-state index in [-0.39, 0.29) is 17.8 Å². The highest BCUT2D eigenvalue weighted by molar-refractivity contribution is 5.94. The maximum absolute atomic E-state index is 13.5. The lowest BCUT2D eigenvalue weighted by Crippen LogP contribution is -2.49. The number of fused-ring (bicyclic) bond motifs is 1. The largest absolute Gasteiger partial charge is 0.481 e. The van der Waals surface area contributed by atoms with Crippen molar-refractivity contribution < 1.29 is 19.0 Å². The van der Waals surface area contributed by atoms with Crippen LogP contribution in [0.4, 0.5) is 10.3 Å². The molecule has 1 aromatic heterocycles. The number of aliphatic hydroxyl groups excluding tert-OH is 1. The van der Waals surface area contributed by atoms with E-state index in [0.29, 0.717) is 47.6 Å². The highest BCUT2D eigenvalue weighted by Crippen LogP contribution is 2.38. The van der Waals surface area contributed by atoms with Gasteiger partial charge in [0.25, 0.3) is 5.91 Å². The molecule has 2 N–H and O–H groups in total. The van der Waals surface area contributed by atoms with E-state index in [1.165, 1.54) is 18.2 Å². The minimum atomic E-state index is -0.618. The third-order valence-electron chi connectivity index (χ3n) is 5.99. The molecule has 1 saturated carbocycles. The Kier molecular flexibility index (Phi) is 5.36. The van der Waals surface area contributed by atoms with Crippen LogP contribution in [0.2, 0.25) is 0 Å². The molecule has 154 valence electrons. The number of hydrogen-bond acceptors (Lipinski definition) is 6. The Morgan fingerprint density at radius 3 is 2.76 bits per heavy atom. The standard InChI is InChI=1S/C21H25FN4O3/c1-12-7-13(3-4-16(12)22)20(28)24-17-8-14-10-26(11-15(14)9-18(17)27)21-23-6-5-19(25-21)29-2/h3-7,14-15,17-18,27H,8-11H2,1-2H3,(H,24,28)/t14-,15+,17-,18-/m0/s1. The first-order chi connectivity index (χ1) is 13.9. The monoisotopic (exact) mass is 400 g/mol. The van der Waals surface area contributed by atoms with Crippen molar-refractivity contribution >= 4 is 11.9 Å². The quantitative estimate of drug-likeness (QED) is 0.816. The number of aryl methyl sites for hydroxylation is 1. The predicted molar refractivity (Wildman–Crippen MR) is 105 cm³/mol. The highest BCUT2D eigenvalue weighted by atomic mass is 19.1. The Balaban J connectivity index is 1.42. The van der Waals surface area contributed by atoms with Crippen molar-refractivity contribution in [1.29, 1.82) is 0 Å². The van der Waals surface area contributed by atoms with E-state index in [9.17, 15) is 14.3 Å². The number of carbonyl (C=O) groups excluding carboxylic acids is 1. The summed E-state index contributed by atoms with van der Waals surface area (Å²) in [6, 6.07) is 5.66. The normalized spacial score (nSPS) is 26.1. The van der Waals surface area contributed by atoms with Gasteiger partial charge in [-0.15, -0.1) is 0 Å². The Hall–Kier alpha value is -2.74. The van der Waals surface area contributed by atoms with E-state index in [0.717, 1.165) is 13.1 Å². The van der Waals surface area contributed by atoms with Crippen molar-refractivity contribution in [2.24, 2.45) is 11.8 Å². The van der Waals surface area contributed by atoms with E-state index in [1.807, 2.05) is 0 Å². The van der Waals surface area contributed by atoms with Crippen LogP contribution in [0.25, 0.3) is 0 Å². The maximum atomic E-state index is 13.5. The van der Waals surface area contributed by atoms with Gasteiger partial charge in [-0.2, -0.15) is 4.98 Å². The number of halogens is 1. The summed E-state index contributed by atoms with van der Waals surface area (Å²) in [5, 5.41) is 13.5.